The Morgan fingerprint density at radius 1 is 1.11 bits per heavy atom. The monoisotopic (exact) mass is 557 g/mol. The average Bonchev–Trinajstić information content (AvgIpc) is 3.50. The number of nitrogens with one attached hydrogen (secondary N) is 2. The molecular weight excluding hydrogens is 525 g/mol. The number of unbranched alkanes of at least 4 members (excludes halogenated alkanes) is 1. The molecule has 0 aliphatic carbocycles. The zero-order valence-corrected chi connectivity index (χ0v) is 23.7. The SMILES string of the molecule is CCCC#Cc1ccc(-c2c(CNCCC)c(C(=O)NN3CCCCC3)nn2-c2ccc(Cl)cc2Cl)s1. The molecule has 0 bridgehead atoms. The summed E-state index contributed by atoms with van der Waals surface area (Å²) in [5, 5.41) is 11.3. The third kappa shape index (κ3) is 6.95. The first-order valence-corrected chi connectivity index (χ1v) is 14.5. The zero-order chi connectivity index (χ0) is 26.2. The molecule has 0 spiro atoms. The molecule has 3 aromatic rings. The molecule has 1 saturated heterocycles. The van der Waals surface area contributed by atoms with Crippen LogP contribution in [0.4, 0.5) is 0 Å². The summed E-state index contributed by atoms with van der Waals surface area (Å²) in [5.41, 5.74) is 5.82. The number of thiophene rings is 1. The van der Waals surface area contributed by atoms with Crippen molar-refractivity contribution in [1.82, 2.24) is 25.5 Å². The van der Waals surface area contributed by atoms with Crippen LogP contribution in [0.15, 0.2) is 30.3 Å². The van der Waals surface area contributed by atoms with E-state index in [1.54, 1.807) is 28.2 Å². The minimum atomic E-state index is -0.209. The van der Waals surface area contributed by atoms with E-state index in [0.717, 1.165) is 72.8 Å². The van der Waals surface area contributed by atoms with E-state index in [2.05, 4.69) is 36.4 Å². The van der Waals surface area contributed by atoms with Crippen LogP contribution in [0.3, 0.4) is 0 Å². The molecule has 196 valence electrons. The first-order chi connectivity index (χ1) is 18.0. The van der Waals surface area contributed by atoms with Crippen molar-refractivity contribution in [3.05, 3.63) is 56.5 Å². The van der Waals surface area contributed by atoms with Gasteiger partial charge in [0.2, 0.25) is 0 Å². The van der Waals surface area contributed by atoms with Gasteiger partial charge in [-0.05, 0) is 62.6 Å². The highest BCUT2D eigenvalue weighted by Gasteiger charge is 2.27. The first-order valence-electron chi connectivity index (χ1n) is 12.9. The Morgan fingerprint density at radius 2 is 1.92 bits per heavy atom. The van der Waals surface area contributed by atoms with Crippen LogP contribution < -0.4 is 10.7 Å². The maximum Gasteiger partial charge on any atom is 0.286 e. The Labute approximate surface area is 233 Å². The summed E-state index contributed by atoms with van der Waals surface area (Å²) in [7, 11) is 0. The lowest BCUT2D eigenvalue weighted by Gasteiger charge is -2.26. The van der Waals surface area contributed by atoms with Crippen LogP contribution in [0, 0.1) is 11.8 Å². The average molecular weight is 559 g/mol. The highest BCUT2D eigenvalue weighted by atomic mass is 35.5. The van der Waals surface area contributed by atoms with Crippen LogP contribution in [-0.4, -0.2) is 40.3 Å². The molecule has 6 nitrogen and oxygen atoms in total. The van der Waals surface area contributed by atoms with Gasteiger partial charge >= 0.3 is 0 Å². The second-order valence-corrected chi connectivity index (χ2v) is 11.0. The number of aromatic nitrogens is 2. The lowest BCUT2D eigenvalue weighted by atomic mass is 10.1. The number of amides is 1. The highest BCUT2D eigenvalue weighted by molar-refractivity contribution is 7.16. The van der Waals surface area contributed by atoms with Crippen LogP contribution >= 0.6 is 34.5 Å². The van der Waals surface area contributed by atoms with Gasteiger partial charge in [0.15, 0.2) is 5.69 Å². The number of hydrogen-bond donors (Lipinski definition) is 2. The van der Waals surface area contributed by atoms with Gasteiger partial charge in [-0.1, -0.05) is 55.3 Å². The lowest BCUT2D eigenvalue weighted by molar-refractivity contribution is 0.0743. The fraction of sp³-hybridized carbons (Fsp3) is 0.429. The topological polar surface area (TPSA) is 62.2 Å². The van der Waals surface area contributed by atoms with Gasteiger partial charge in [0.25, 0.3) is 5.91 Å². The molecule has 0 radical (unpaired) electrons. The third-order valence-corrected chi connectivity index (χ3v) is 7.65. The summed E-state index contributed by atoms with van der Waals surface area (Å²) < 4.78 is 1.78. The van der Waals surface area contributed by atoms with Crippen molar-refractivity contribution in [3.63, 3.8) is 0 Å². The number of nitrogens with zero attached hydrogens (tertiary/aromatic N) is 3. The molecule has 9 heteroatoms. The van der Waals surface area contributed by atoms with E-state index in [-0.39, 0.29) is 5.91 Å². The predicted molar refractivity (Wildman–Crippen MR) is 154 cm³/mol. The van der Waals surface area contributed by atoms with E-state index >= 15 is 0 Å². The number of halogens is 2. The van der Waals surface area contributed by atoms with Crippen molar-refractivity contribution in [3.8, 4) is 28.1 Å². The van der Waals surface area contributed by atoms with Crippen molar-refractivity contribution in [2.24, 2.45) is 0 Å². The Kier molecular flexibility index (Phi) is 10.1. The van der Waals surface area contributed by atoms with Crippen molar-refractivity contribution in [1.29, 1.82) is 0 Å². The Hall–Kier alpha value is -2.34. The Bertz CT molecular complexity index is 1280. The molecule has 2 N–H and O–H groups in total. The molecule has 0 saturated carbocycles. The minimum Gasteiger partial charge on any atom is -0.313 e. The molecule has 1 aliphatic heterocycles. The van der Waals surface area contributed by atoms with Crippen molar-refractivity contribution >= 4 is 40.4 Å². The maximum atomic E-state index is 13.6. The summed E-state index contributed by atoms with van der Waals surface area (Å²) in [6.45, 7) is 7.26. The van der Waals surface area contributed by atoms with Crippen molar-refractivity contribution in [2.45, 2.75) is 58.9 Å². The predicted octanol–water partition coefficient (Wildman–Crippen LogP) is 6.69. The number of carbonyl (C=O) groups is 1. The number of carbonyl (C=O) groups excluding carboxylic acids is 1. The summed E-state index contributed by atoms with van der Waals surface area (Å²) in [4.78, 5) is 15.5. The van der Waals surface area contributed by atoms with E-state index in [4.69, 9.17) is 28.3 Å². The van der Waals surface area contributed by atoms with Crippen LogP contribution in [-0.2, 0) is 6.54 Å². The van der Waals surface area contributed by atoms with E-state index < -0.39 is 0 Å². The fourth-order valence-electron chi connectivity index (χ4n) is 4.28. The molecule has 1 aliphatic rings. The van der Waals surface area contributed by atoms with Crippen molar-refractivity contribution < 1.29 is 4.79 Å². The van der Waals surface area contributed by atoms with Crippen molar-refractivity contribution in [2.75, 3.05) is 19.6 Å². The van der Waals surface area contributed by atoms with Gasteiger partial charge < -0.3 is 5.32 Å². The van der Waals surface area contributed by atoms with E-state index in [0.29, 0.717) is 28.0 Å². The molecule has 0 atom stereocenters. The van der Waals surface area contributed by atoms with E-state index in [9.17, 15) is 4.79 Å². The molecular formula is C28H33Cl2N5OS. The fourth-order valence-corrected chi connectivity index (χ4v) is 5.71. The van der Waals surface area contributed by atoms with Crippen LogP contribution in [0.25, 0.3) is 16.3 Å². The smallest absolute Gasteiger partial charge is 0.286 e. The van der Waals surface area contributed by atoms with Crippen LogP contribution in [0.5, 0.6) is 0 Å². The summed E-state index contributed by atoms with van der Waals surface area (Å²) >= 11 is 14.4. The molecule has 2 aromatic heterocycles. The minimum absolute atomic E-state index is 0.209. The highest BCUT2D eigenvalue weighted by Crippen LogP contribution is 2.36. The second-order valence-electron chi connectivity index (χ2n) is 9.06. The van der Waals surface area contributed by atoms with Gasteiger partial charge in [-0.25, -0.2) is 9.69 Å². The quantitative estimate of drug-likeness (QED) is 0.227. The summed E-state index contributed by atoms with van der Waals surface area (Å²) in [5.74, 6) is 6.28. The molecule has 4 rings (SSSR count). The Balaban J connectivity index is 1.83. The lowest BCUT2D eigenvalue weighted by Crippen LogP contribution is -2.45. The maximum absolute atomic E-state index is 13.6. The van der Waals surface area contributed by atoms with Gasteiger partial charge in [0.05, 0.1) is 26.2 Å². The Morgan fingerprint density at radius 3 is 2.65 bits per heavy atom. The largest absolute Gasteiger partial charge is 0.313 e. The van der Waals surface area contributed by atoms with Gasteiger partial charge in [-0.15, -0.1) is 11.3 Å². The normalized spacial score (nSPS) is 13.8. The number of hydrazine groups is 1. The zero-order valence-electron chi connectivity index (χ0n) is 21.4. The van der Waals surface area contributed by atoms with Gasteiger partial charge in [0, 0.05) is 36.6 Å². The molecule has 0 unspecified atom stereocenters. The molecule has 1 fully saturated rings. The van der Waals surface area contributed by atoms with E-state index in [1.807, 2.05) is 23.2 Å². The van der Waals surface area contributed by atoms with Gasteiger partial charge in [-0.3, -0.25) is 10.2 Å². The summed E-state index contributed by atoms with van der Waals surface area (Å²) in [6, 6.07) is 9.40. The van der Waals surface area contributed by atoms with Gasteiger partial charge in [0.1, 0.15) is 0 Å². The molecule has 1 aromatic carbocycles. The standard InChI is InChI=1S/C28H33Cl2N5OS/c1-3-5-7-10-21-12-14-25(37-21)27-22(19-31-15-4-2)26(28(36)33-34-16-8-6-9-17-34)32-35(27)24-13-11-20(29)18-23(24)30/h11-14,18,31H,3-6,8-9,15-17,19H2,1-2H3,(H,33,36). The number of hydrogen-bond acceptors (Lipinski definition) is 5. The molecule has 1 amide bonds. The third-order valence-electron chi connectivity index (χ3n) is 6.11. The summed E-state index contributed by atoms with van der Waals surface area (Å²) in [6.07, 6.45) is 6.20. The number of benzene rings is 1. The molecule has 37 heavy (non-hydrogen) atoms. The second kappa shape index (κ2) is 13.5. The molecule has 3 heterocycles. The van der Waals surface area contributed by atoms with Gasteiger partial charge in [-0.2, -0.15) is 5.10 Å². The van der Waals surface area contributed by atoms with Crippen LogP contribution in [0.1, 0.15) is 73.3 Å². The van der Waals surface area contributed by atoms with E-state index in [1.165, 1.54) is 6.42 Å². The van der Waals surface area contributed by atoms with Crippen LogP contribution in [0.2, 0.25) is 10.0 Å². The first kappa shape index (κ1) is 27.7. The number of piperidine rings is 1. The number of rotatable bonds is 9.